The van der Waals surface area contributed by atoms with E-state index in [1.54, 1.807) is 0 Å². The fourth-order valence-corrected chi connectivity index (χ4v) is 4.48. The molecule has 2 heteroatoms. The molecule has 0 aliphatic carbocycles. The van der Waals surface area contributed by atoms with Crippen LogP contribution in [0.25, 0.3) is 0 Å². The molecule has 4 atom stereocenters. The van der Waals surface area contributed by atoms with Crippen LogP contribution in [0.4, 0.5) is 5.69 Å². The number of nitrogens with one attached hydrogen (secondary N) is 1. The molecule has 2 aliphatic heterocycles. The molecule has 0 amide bonds. The molecule has 1 saturated heterocycles. The number of fused-ring (bicyclic) bond motifs is 3. The SMILES string of the molecule is CCC(C)c1ccc2c(c1)C1OCCCC1C(c1ccccc1C)N2. The van der Waals surface area contributed by atoms with E-state index in [-0.39, 0.29) is 6.10 Å². The van der Waals surface area contributed by atoms with Crippen molar-refractivity contribution in [2.75, 3.05) is 11.9 Å². The monoisotopic (exact) mass is 335 g/mol. The van der Waals surface area contributed by atoms with Crippen molar-refractivity contribution in [3.05, 3.63) is 64.7 Å². The van der Waals surface area contributed by atoms with Crippen molar-refractivity contribution < 1.29 is 4.74 Å². The van der Waals surface area contributed by atoms with Crippen LogP contribution in [0.15, 0.2) is 42.5 Å². The molecule has 2 nitrogen and oxygen atoms in total. The lowest BCUT2D eigenvalue weighted by Gasteiger charge is -2.44. The Morgan fingerprint density at radius 2 is 2.00 bits per heavy atom. The summed E-state index contributed by atoms with van der Waals surface area (Å²) in [6, 6.07) is 16.1. The maximum atomic E-state index is 6.33. The van der Waals surface area contributed by atoms with Crippen LogP contribution in [-0.2, 0) is 4.74 Å². The molecule has 25 heavy (non-hydrogen) atoms. The Bertz CT molecular complexity index is 754. The zero-order valence-electron chi connectivity index (χ0n) is 15.6. The smallest absolute Gasteiger partial charge is 0.0895 e. The lowest BCUT2D eigenvalue weighted by molar-refractivity contribution is -0.0382. The molecule has 132 valence electrons. The van der Waals surface area contributed by atoms with E-state index in [9.17, 15) is 0 Å². The first kappa shape index (κ1) is 16.7. The Labute approximate surface area is 151 Å². The lowest BCUT2D eigenvalue weighted by Crippen LogP contribution is -2.36. The molecule has 2 aromatic rings. The van der Waals surface area contributed by atoms with E-state index >= 15 is 0 Å². The molecule has 0 aromatic heterocycles. The van der Waals surface area contributed by atoms with Crippen LogP contribution >= 0.6 is 0 Å². The van der Waals surface area contributed by atoms with E-state index in [2.05, 4.69) is 68.6 Å². The molecule has 0 spiro atoms. The van der Waals surface area contributed by atoms with E-state index in [1.165, 1.54) is 40.8 Å². The zero-order chi connectivity index (χ0) is 17.4. The van der Waals surface area contributed by atoms with Gasteiger partial charge in [-0.15, -0.1) is 0 Å². The average molecular weight is 335 g/mol. The van der Waals surface area contributed by atoms with Crippen molar-refractivity contribution >= 4 is 5.69 Å². The molecule has 2 aromatic carbocycles. The molecule has 0 saturated carbocycles. The summed E-state index contributed by atoms with van der Waals surface area (Å²) in [5, 5.41) is 3.86. The van der Waals surface area contributed by atoms with E-state index in [1.807, 2.05) is 0 Å². The zero-order valence-corrected chi connectivity index (χ0v) is 15.6. The third-order valence-corrected chi connectivity index (χ3v) is 6.19. The number of aryl methyl sites for hydroxylation is 1. The number of benzene rings is 2. The van der Waals surface area contributed by atoms with Gasteiger partial charge in [0.15, 0.2) is 0 Å². The molecule has 1 N–H and O–H groups in total. The predicted octanol–water partition coefficient (Wildman–Crippen LogP) is 6.14. The highest BCUT2D eigenvalue weighted by Gasteiger charge is 2.40. The van der Waals surface area contributed by atoms with Crippen molar-refractivity contribution in [1.29, 1.82) is 0 Å². The highest BCUT2D eigenvalue weighted by Crippen LogP contribution is 2.50. The number of hydrogen-bond acceptors (Lipinski definition) is 2. The van der Waals surface area contributed by atoms with Gasteiger partial charge in [-0.05, 0) is 54.9 Å². The van der Waals surface area contributed by atoms with Crippen LogP contribution in [0.3, 0.4) is 0 Å². The standard InChI is InChI=1S/C23H29NO/c1-4-15(2)17-11-12-21-20(14-17)23-19(10-7-13-25-23)22(24-21)18-9-6-5-8-16(18)3/h5-6,8-9,11-12,14-15,19,22-24H,4,7,10,13H2,1-3H3. The van der Waals surface area contributed by atoms with Crippen molar-refractivity contribution in [2.45, 2.75) is 58.1 Å². The first-order valence-corrected chi connectivity index (χ1v) is 9.76. The van der Waals surface area contributed by atoms with Crippen molar-refractivity contribution in [1.82, 2.24) is 0 Å². The second-order valence-electron chi connectivity index (χ2n) is 7.73. The molecule has 2 aliphatic rings. The van der Waals surface area contributed by atoms with Gasteiger partial charge in [-0.3, -0.25) is 0 Å². The van der Waals surface area contributed by atoms with Crippen LogP contribution in [0.2, 0.25) is 0 Å². The van der Waals surface area contributed by atoms with E-state index in [0.717, 1.165) is 13.0 Å². The Kier molecular flexibility index (Phi) is 4.56. The number of anilines is 1. The summed E-state index contributed by atoms with van der Waals surface area (Å²) in [5.41, 5.74) is 6.84. The highest BCUT2D eigenvalue weighted by atomic mass is 16.5. The Balaban J connectivity index is 1.76. The van der Waals surface area contributed by atoms with Gasteiger partial charge in [-0.25, -0.2) is 0 Å². The fraction of sp³-hybridized carbons (Fsp3) is 0.478. The van der Waals surface area contributed by atoms with Gasteiger partial charge in [-0.1, -0.05) is 50.2 Å². The average Bonchev–Trinajstić information content (AvgIpc) is 2.67. The lowest BCUT2D eigenvalue weighted by atomic mass is 9.76. The third kappa shape index (κ3) is 2.97. The van der Waals surface area contributed by atoms with Gasteiger partial charge < -0.3 is 10.1 Å². The Morgan fingerprint density at radius 3 is 2.80 bits per heavy atom. The third-order valence-electron chi connectivity index (χ3n) is 6.19. The van der Waals surface area contributed by atoms with Crippen LogP contribution in [0, 0.1) is 12.8 Å². The summed E-state index contributed by atoms with van der Waals surface area (Å²) in [7, 11) is 0. The second-order valence-corrected chi connectivity index (χ2v) is 7.73. The quantitative estimate of drug-likeness (QED) is 0.727. The summed E-state index contributed by atoms with van der Waals surface area (Å²) < 4.78 is 6.33. The molecule has 2 heterocycles. The van der Waals surface area contributed by atoms with Crippen molar-refractivity contribution in [3.8, 4) is 0 Å². The van der Waals surface area contributed by atoms with Crippen LogP contribution < -0.4 is 5.32 Å². The maximum absolute atomic E-state index is 6.33. The predicted molar refractivity (Wildman–Crippen MR) is 104 cm³/mol. The molecule has 4 unspecified atom stereocenters. The Morgan fingerprint density at radius 1 is 1.16 bits per heavy atom. The Hall–Kier alpha value is -1.80. The summed E-state index contributed by atoms with van der Waals surface area (Å²) in [6.07, 6.45) is 3.78. The van der Waals surface area contributed by atoms with Gasteiger partial charge in [0.1, 0.15) is 0 Å². The van der Waals surface area contributed by atoms with Gasteiger partial charge >= 0.3 is 0 Å². The first-order chi connectivity index (χ1) is 12.2. The van der Waals surface area contributed by atoms with Gasteiger partial charge in [0.2, 0.25) is 0 Å². The van der Waals surface area contributed by atoms with Gasteiger partial charge in [0.05, 0.1) is 12.1 Å². The van der Waals surface area contributed by atoms with Gasteiger partial charge in [0.25, 0.3) is 0 Å². The minimum Gasteiger partial charge on any atom is -0.378 e. The van der Waals surface area contributed by atoms with E-state index in [4.69, 9.17) is 4.74 Å². The first-order valence-electron chi connectivity index (χ1n) is 9.76. The summed E-state index contributed by atoms with van der Waals surface area (Å²) >= 11 is 0. The summed E-state index contributed by atoms with van der Waals surface area (Å²) in [5.74, 6) is 1.11. The van der Waals surface area contributed by atoms with Crippen LogP contribution in [0.1, 0.15) is 73.4 Å². The summed E-state index contributed by atoms with van der Waals surface area (Å²) in [4.78, 5) is 0. The number of hydrogen-bond donors (Lipinski definition) is 1. The minimum atomic E-state index is 0.221. The molecular weight excluding hydrogens is 306 g/mol. The van der Waals surface area contributed by atoms with Gasteiger partial charge in [0, 0.05) is 23.8 Å². The number of rotatable bonds is 3. The van der Waals surface area contributed by atoms with Crippen LogP contribution in [0.5, 0.6) is 0 Å². The topological polar surface area (TPSA) is 21.3 Å². The van der Waals surface area contributed by atoms with Crippen molar-refractivity contribution in [3.63, 3.8) is 0 Å². The van der Waals surface area contributed by atoms with Crippen molar-refractivity contribution in [2.24, 2.45) is 5.92 Å². The molecular formula is C23H29NO. The number of ether oxygens (including phenoxy) is 1. The molecule has 4 rings (SSSR count). The minimum absolute atomic E-state index is 0.221. The summed E-state index contributed by atoms with van der Waals surface area (Å²) in [6.45, 7) is 7.68. The fourth-order valence-electron chi connectivity index (χ4n) is 4.48. The molecule has 0 radical (unpaired) electrons. The normalized spacial score (nSPS) is 26.3. The maximum Gasteiger partial charge on any atom is 0.0895 e. The second kappa shape index (κ2) is 6.84. The van der Waals surface area contributed by atoms with Crippen LogP contribution in [-0.4, -0.2) is 6.61 Å². The molecule has 0 bridgehead atoms. The largest absolute Gasteiger partial charge is 0.378 e. The van der Waals surface area contributed by atoms with Gasteiger partial charge in [-0.2, -0.15) is 0 Å². The highest BCUT2D eigenvalue weighted by molar-refractivity contribution is 5.59. The van der Waals surface area contributed by atoms with E-state index in [0.29, 0.717) is 17.9 Å². The van der Waals surface area contributed by atoms with E-state index < -0.39 is 0 Å². The molecule has 1 fully saturated rings.